The molecule has 1 aliphatic rings. The molecule has 0 aromatic carbocycles. The summed E-state index contributed by atoms with van der Waals surface area (Å²) in [5.74, 6) is 0. The molecule has 12 heteroatoms. The highest BCUT2D eigenvalue weighted by Crippen LogP contribution is 2.30. The van der Waals surface area contributed by atoms with Crippen LogP contribution in [0.3, 0.4) is 0 Å². The predicted molar refractivity (Wildman–Crippen MR) is 85.5 cm³/mol. The first-order valence-electron chi connectivity index (χ1n) is 7.00. The summed E-state index contributed by atoms with van der Waals surface area (Å²) < 4.78 is 39.1. The van der Waals surface area contributed by atoms with E-state index < -0.39 is 46.9 Å². The summed E-state index contributed by atoms with van der Waals surface area (Å²) >= 11 is 0.750. The van der Waals surface area contributed by atoms with Crippen LogP contribution in [-0.2, 0) is 19.4 Å². The first kappa shape index (κ1) is 21.3. The quantitative estimate of drug-likeness (QED) is 0.0871. The van der Waals surface area contributed by atoms with Crippen LogP contribution >= 0.6 is 11.8 Å². The minimum Gasteiger partial charge on any atom is -0.394 e. The standard InChI is InChI=1S/C12H21NO9S2/c1-2-3-4-5-8(13-22-24(18,19)20)23-12-11(17)10(16)9(15)7(6-14)21-12/h2,7,9-12,14-17H,1,3-6H2,(H,18,19,20)/b13-8-/t7-,9-,10+,11+,12+/m1/s1. The van der Waals surface area contributed by atoms with E-state index in [1.807, 2.05) is 0 Å². The molecule has 10 nitrogen and oxygen atoms in total. The van der Waals surface area contributed by atoms with Crippen LogP contribution in [0.4, 0.5) is 0 Å². The van der Waals surface area contributed by atoms with Gasteiger partial charge in [0.05, 0.1) is 6.61 Å². The molecular formula is C12H21NO9S2. The number of unbranched alkanes of at least 4 members (excludes halogenated alkanes) is 1. The molecule has 0 spiro atoms. The van der Waals surface area contributed by atoms with Crippen molar-refractivity contribution in [2.75, 3.05) is 6.61 Å². The van der Waals surface area contributed by atoms with Crippen LogP contribution in [0.1, 0.15) is 19.3 Å². The summed E-state index contributed by atoms with van der Waals surface area (Å²) in [6, 6.07) is 0. The normalized spacial score (nSPS) is 31.7. The molecule has 0 aromatic heterocycles. The van der Waals surface area contributed by atoms with Crippen LogP contribution < -0.4 is 0 Å². The summed E-state index contributed by atoms with van der Waals surface area (Å²) in [6.07, 6.45) is -2.69. The number of oxime groups is 1. The van der Waals surface area contributed by atoms with Gasteiger partial charge in [-0.25, -0.2) is 4.28 Å². The Labute approximate surface area is 143 Å². The fourth-order valence-electron chi connectivity index (χ4n) is 1.91. The maximum Gasteiger partial charge on any atom is 0.466 e. The molecule has 0 radical (unpaired) electrons. The second kappa shape index (κ2) is 9.68. The number of aliphatic hydroxyl groups excluding tert-OH is 4. The van der Waals surface area contributed by atoms with Crippen molar-refractivity contribution in [1.29, 1.82) is 0 Å². The highest BCUT2D eigenvalue weighted by molar-refractivity contribution is 8.14. The van der Waals surface area contributed by atoms with E-state index in [2.05, 4.69) is 16.0 Å². The van der Waals surface area contributed by atoms with Gasteiger partial charge in [-0.05, 0) is 19.3 Å². The molecule has 0 unspecified atom stereocenters. The number of nitrogens with zero attached hydrogens (tertiary/aromatic N) is 1. The number of rotatable bonds is 8. The van der Waals surface area contributed by atoms with Crippen LogP contribution in [0.2, 0.25) is 0 Å². The van der Waals surface area contributed by atoms with Crippen molar-refractivity contribution >= 4 is 27.2 Å². The van der Waals surface area contributed by atoms with E-state index in [0.717, 1.165) is 11.8 Å². The molecule has 24 heavy (non-hydrogen) atoms. The third kappa shape index (κ3) is 6.64. The maximum absolute atomic E-state index is 10.6. The largest absolute Gasteiger partial charge is 0.466 e. The van der Waals surface area contributed by atoms with E-state index in [4.69, 9.17) is 14.4 Å². The Morgan fingerprint density at radius 2 is 1.96 bits per heavy atom. The minimum absolute atomic E-state index is 0.0683. The molecule has 0 saturated carbocycles. The van der Waals surface area contributed by atoms with Crippen LogP contribution in [0.15, 0.2) is 17.8 Å². The van der Waals surface area contributed by atoms with Crippen molar-refractivity contribution in [2.24, 2.45) is 5.16 Å². The van der Waals surface area contributed by atoms with Crippen molar-refractivity contribution in [3.63, 3.8) is 0 Å². The van der Waals surface area contributed by atoms with E-state index in [1.165, 1.54) is 0 Å². The predicted octanol–water partition coefficient (Wildman–Crippen LogP) is -0.991. The number of hydrogen-bond acceptors (Lipinski definition) is 10. The average molecular weight is 387 g/mol. The summed E-state index contributed by atoms with van der Waals surface area (Å²) in [5, 5.41) is 41.9. The molecular weight excluding hydrogens is 366 g/mol. The van der Waals surface area contributed by atoms with Crippen molar-refractivity contribution in [1.82, 2.24) is 0 Å². The Bertz CT molecular complexity index is 537. The molecule has 0 bridgehead atoms. The first-order chi connectivity index (χ1) is 11.2. The van der Waals surface area contributed by atoms with Crippen molar-refractivity contribution in [3.8, 4) is 0 Å². The Kier molecular flexibility index (Phi) is 8.59. The van der Waals surface area contributed by atoms with Gasteiger partial charge in [0.15, 0.2) is 0 Å². The van der Waals surface area contributed by atoms with E-state index in [9.17, 15) is 23.7 Å². The molecule has 5 N–H and O–H groups in total. The van der Waals surface area contributed by atoms with Gasteiger partial charge in [-0.15, -0.1) is 6.58 Å². The highest BCUT2D eigenvalue weighted by atomic mass is 32.3. The van der Waals surface area contributed by atoms with Crippen molar-refractivity contribution in [2.45, 2.75) is 49.1 Å². The fourth-order valence-corrected chi connectivity index (χ4v) is 3.25. The molecule has 1 saturated heterocycles. The van der Waals surface area contributed by atoms with E-state index in [1.54, 1.807) is 6.08 Å². The Hall–Kier alpha value is -0.730. The summed E-state index contributed by atoms with van der Waals surface area (Å²) in [7, 11) is -4.79. The molecule has 0 aliphatic carbocycles. The molecule has 140 valence electrons. The lowest BCUT2D eigenvalue weighted by Crippen LogP contribution is -2.57. The topological polar surface area (TPSA) is 166 Å². The number of aliphatic hydroxyl groups is 4. The van der Waals surface area contributed by atoms with Gasteiger partial charge < -0.3 is 25.2 Å². The summed E-state index contributed by atoms with van der Waals surface area (Å²) in [5.41, 5.74) is -1.13. The fraction of sp³-hybridized carbons (Fsp3) is 0.750. The Balaban J connectivity index is 2.84. The Morgan fingerprint density at radius 1 is 1.29 bits per heavy atom. The highest BCUT2D eigenvalue weighted by Gasteiger charge is 2.44. The van der Waals surface area contributed by atoms with Gasteiger partial charge in [0, 0.05) is 0 Å². The Morgan fingerprint density at radius 3 is 2.50 bits per heavy atom. The number of ether oxygens (including phenoxy) is 1. The average Bonchev–Trinajstić information content (AvgIpc) is 2.52. The lowest BCUT2D eigenvalue weighted by molar-refractivity contribution is -0.205. The van der Waals surface area contributed by atoms with E-state index >= 15 is 0 Å². The summed E-state index contributed by atoms with van der Waals surface area (Å²) in [4.78, 5) is 0. The van der Waals surface area contributed by atoms with Crippen LogP contribution in [0.25, 0.3) is 0 Å². The van der Waals surface area contributed by atoms with Crippen LogP contribution in [0, 0.1) is 0 Å². The monoisotopic (exact) mass is 387 g/mol. The number of thioether (sulfide) groups is 1. The molecule has 1 aliphatic heterocycles. The molecule has 1 fully saturated rings. The van der Waals surface area contributed by atoms with Gasteiger partial charge >= 0.3 is 10.4 Å². The van der Waals surface area contributed by atoms with Crippen LogP contribution in [0.5, 0.6) is 0 Å². The smallest absolute Gasteiger partial charge is 0.394 e. The maximum atomic E-state index is 10.6. The SMILES string of the molecule is C=CCCC/C(=N/OS(=O)(=O)O)S[C@@H]1O[C@H](CO)[C@@H](O)[C@H](O)[C@@H]1O. The second-order valence-electron chi connectivity index (χ2n) is 4.98. The summed E-state index contributed by atoms with van der Waals surface area (Å²) in [6.45, 7) is 2.95. The zero-order valence-corrected chi connectivity index (χ0v) is 14.3. The molecule has 1 rings (SSSR count). The van der Waals surface area contributed by atoms with Gasteiger partial charge in [0.1, 0.15) is 34.9 Å². The number of hydrogen-bond donors (Lipinski definition) is 5. The van der Waals surface area contributed by atoms with E-state index in [0.29, 0.717) is 12.8 Å². The van der Waals surface area contributed by atoms with Crippen molar-refractivity contribution < 1.29 is 42.4 Å². The molecule has 0 amide bonds. The zero-order chi connectivity index (χ0) is 18.3. The van der Waals surface area contributed by atoms with E-state index in [-0.39, 0.29) is 11.5 Å². The van der Waals surface area contributed by atoms with Gasteiger partial charge in [0.2, 0.25) is 0 Å². The number of allylic oxidation sites excluding steroid dienone is 1. The first-order valence-corrected chi connectivity index (χ1v) is 9.25. The third-order valence-corrected chi connectivity index (χ3v) is 4.57. The zero-order valence-electron chi connectivity index (χ0n) is 12.6. The van der Waals surface area contributed by atoms with Crippen LogP contribution in [-0.4, -0.2) is 74.9 Å². The van der Waals surface area contributed by atoms with Gasteiger partial charge in [-0.1, -0.05) is 23.0 Å². The van der Waals surface area contributed by atoms with Gasteiger partial charge in [0.25, 0.3) is 0 Å². The van der Waals surface area contributed by atoms with Crippen molar-refractivity contribution in [3.05, 3.63) is 12.7 Å². The lowest BCUT2D eigenvalue weighted by atomic mass is 10.0. The molecule has 1 heterocycles. The third-order valence-electron chi connectivity index (χ3n) is 3.13. The second-order valence-corrected chi connectivity index (χ2v) is 7.16. The van der Waals surface area contributed by atoms with Gasteiger partial charge in [-0.2, -0.15) is 8.42 Å². The molecule has 5 atom stereocenters. The lowest BCUT2D eigenvalue weighted by Gasteiger charge is -2.39. The molecule has 0 aromatic rings. The van der Waals surface area contributed by atoms with Gasteiger partial charge in [-0.3, -0.25) is 4.55 Å². The minimum atomic E-state index is -4.79.